The summed E-state index contributed by atoms with van der Waals surface area (Å²) in [5.41, 5.74) is -0.711. The summed E-state index contributed by atoms with van der Waals surface area (Å²) in [4.78, 5) is 25.3. The highest BCUT2D eigenvalue weighted by Crippen LogP contribution is 2.22. The summed E-state index contributed by atoms with van der Waals surface area (Å²) < 4.78 is 72.6. The quantitative estimate of drug-likeness (QED) is 0.724. The van der Waals surface area contributed by atoms with E-state index < -0.39 is 45.0 Å². The molecule has 0 atom stereocenters. The molecule has 1 N–H and O–H groups in total. The first-order valence-corrected chi connectivity index (χ1v) is 11.0. The molecule has 0 bridgehead atoms. The summed E-state index contributed by atoms with van der Waals surface area (Å²) in [6, 6.07) is 5.32. The minimum atomic E-state index is -4.08. The lowest BCUT2D eigenvalue weighted by Gasteiger charge is -2.33. The van der Waals surface area contributed by atoms with Crippen molar-refractivity contribution in [1.29, 1.82) is 0 Å². The van der Waals surface area contributed by atoms with E-state index in [0.29, 0.717) is 0 Å². The average molecular weight is 471 g/mol. The molecule has 1 aliphatic heterocycles. The fraction of sp³-hybridized carbons (Fsp3) is 0.300. The summed E-state index contributed by atoms with van der Waals surface area (Å²) >= 11 is 0. The Morgan fingerprint density at radius 2 is 1.62 bits per heavy atom. The van der Waals surface area contributed by atoms with Gasteiger partial charge in [-0.1, -0.05) is 0 Å². The van der Waals surface area contributed by atoms with Gasteiger partial charge in [-0.25, -0.2) is 26.4 Å². The molecule has 3 rings (SSSR count). The summed E-state index contributed by atoms with van der Waals surface area (Å²) in [5, 5.41) is 2.20. The second-order valence-corrected chi connectivity index (χ2v) is 8.75. The monoisotopic (exact) mass is 471 g/mol. The zero-order valence-corrected chi connectivity index (χ0v) is 17.8. The number of rotatable bonds is 5. The van der Waals surface area contributed by atoms with Crippen LogP contribution in [0.25, 0.3) is 0 Å². The van der Waals surface area contributed by atoms with E-state index in [-0.39, 0.29) is 43.4 Å². The van der Waals surface area contributed by atoms with Crippen LogP contribution in [0.1, 0.15) is 17.3 Å². The van der Waals surface area contributed by atoms with E-state index in [1.165, 1.54) is 4.90 Å². The number of carbonyl (C=O) groups is 2. The fourth-order valence-corrected chi connectivity index (χ4v) is 4.53. The maximum atomic E-state index is 14.2. The fourth-order valence-electron chi connectivity index (χ4n) is 3.09. The average Bonchev–Trinajstić information content (AvgIpc) is 2.76. The van der Waals surface area contributed by atoms with Gasteiger partial charge in [-0.15, -0.1) is 0 Å². The maximum absolute atomic E-state index is 14.2. The van der Waals surface area contributed by atoms with Gasteiger partial charge in [-0.2, -0.15) is 4.31 Å². The molecule has 8 nitrogen and oxygen atoms in total. The van der Waals surface area contributed by atoms with Crippen LogP contribution in [0, 0.1) is 17.5 Å². The van der Waals surface area contributed by atoms with Crippen molar-refractivity contribution in [2.45, 2.75) is 11.8 Å². The minimum Gasteiger partial charge on any atom is -0.450 e. The van der Waals surface area contributed by atoms with E-state index in [9.17, 15) is 31.2 Å². The molecule has 0 radical (unpaired) electrons. The van der Waals surface area contributed by atoms with Crippen molar-refractivity contribution in [2.24, 2.45) is 0 Å². The molecule has 0 saturated carbocycles. The lowest BCUT2D eigenvalue weighted by atomic mass is 10.2. The smallest absolute Gasteiger partial charge is 0.409 e. The lowest BCUT2D eigenvalue weighted by molar-refractivity contribution is 0.0933. The Kier molecular flexibility index (Phi) is 7.04. The zero-order valence-electron chi connectivity index (χ0n) is 17.0. The molecule has 1 heterocycles. The number of nitrogens with one attached hydrogen (secondary N) is 1. The van der Waals surface area contributed by atoms with Gasteiger partial charge in [-0.3, -0.25) is 4.79 Å². The molecule has 0 aliphatic carbocycles. The number of halogens is 3. The molecule has 172 valence electrons. The molecule has 1 aliphatic rings. The number of nitrogens with zero attached hydrogens (tertiary/aromatic N) is 2. The van der Waals surface area contributed by atoms with Crippen molar-refractivity contribution in [3.63, 3.8) is 0 Å². The Hall–Kier alpha value is -3.12. The van der Waals surface area contributed by atoms with Gasteiger partial charge in [0, 0.05) is 37.9 Å². The number of benzene rings is 2. The van der Waals surface area contributed by atoms with Gasteiger partial charge in [0.2, 0.25) is 10.0 Å². The second kappa shape index (κ2) is 9.57. The number of ether oxygens (including phenoxy) is 1. The Labute approximate surface area is 182 Å². The molecule has 32 heavy (non-hydrogen) atoms. The molecule has 0 aromatic heterocycles. The Balaban J connectivity index is 1.77. The van der Waals surface area contributed by atoms with Crippen molar-refractivity contribution in [3.05, 3.63) is 59.4 Å². The zero-order chi connectivity index (χ0) is 23.5. The van der Waals surface area contributed by atoms with Gasteiger partial charge in [0.1, 0.15) is 5.82 Å². The van der Waals surface area contributed by atoms with Crippen molar-refractivity contribution in [2.75, 3.05) is 38.1 Å². The van der Waals surface area contributed by atoms with Crippen molar-refractivity contribution >= 4 is 27.7 Å². The first-order valence-electron chi connectivity index (χ1n) is 9.61. The van der Waals surface area contributed by atoms with Crippen LogP contribution < -0.4 is 5.32 Å². The van der Waals surface area contributed by atoms with Crippen LogP contribution in [0.15, 0.2) is 41.3 Å². The highest BCUT2D eigenvalue weighted by atomic mass is 32.2. The molecule has 12 heteroatoms. The topological polar surface area (TPSA) is 96.0 Å². The normalized spacial score (nSPS) is 14.8. The first-order chi connectivity index (χ1) is 15.1. The molecular weight excluding hydrogens is 451 g/mol. The highest BCUT2D eigenvalue weighted by Gasteiger charge is 2.31. The Morgan fingerprint density at radius 1 is 0.969 bits per heavy atom. The van der Waals surface area contributed by atoms with E-state index in [1.807, 2.05) is 0 Å². The van der Waals surface area contributed by atoms with Gasteiger partial charge >= 0.3 is 6.09 Å². The molecule has 1 saturated heterocycles. The molecule has 2 aromatic carbocycles. The van der Waals surface area contributed by atoms with Crippen LogP contribution in [-0.4, -0.2) is 62.4 Å². The van der Waals surface area contributed by atoms with Crippen LogP contribution in [0.2, 0.25) is 0 Å². The van der Waals surface area contributed by atoms with E-state index in [0.717, 1.165) is 40.7 Å². The van der Waals surface area contributed by atoms with Gasteiger partial charge in [-0.05, 0) is 37.3 Å². The largest absolute Gasteiger partial charge is 0.450 e. The summed E-state index contributed by atoms with van der Waals surface area (Å²) in [6.07, 6.45) is -0.539. The van der Waals surface area contributed by atoms with Crippen molar-refractivity contribution in [3.8, 4) is 0 Å². The van der Waals surface area contributed by atoms with E-state index in [1.54, 1.807) is 6.92 Å². The van der Waals surface area contributed by atoms with Crippen molar-refractivity contribution in [1.82, 2.24) is 9.21 Å². The molecule has 2 aromatic rings. The summed E-state index contributed by atoms with van der Waals surface area (Å²) in [5.74, 6) is -4.35. The number of sulfonamides is 1. The third-order valence-corrected chi connectivity index (χ3v) is 6.66. The van der Waals surface area contributed by atoms with Crippen LogP contribution in [0.3, 0.4) is 0 Å². The molecule has 0 spiro atoms. The number of anilines is 1. The van der Waals surface area contributed by atoms with Crippen LogP contribution >= 0.6 is 0 Å². The van der Waals surface area contributed by atoms with Gasteiger partial charge in [0.25, 0.3) is 5.91 Å². The van der Waals surface area contributed by atoms with Crippen LogP contribution in [-0.2, 0) is 14.8 Å². The Bertz CT molecular complexity index is 1140. The predicted octanol–water partition coefficient (Wildman–Crippen LogP) is 2.82. The summed E-state index contributed by atoms with van der Waals surface area (Å²) in [6.45, 7) is 2.07. The highest BCUT2D eigenvalue weighted by molar-refractivity contribution is 7.89. The Morgan fingerprint density at radius 3 is 2.25 bits per heavy atom. The van der Waals surface area contributed by atoms with Crippen LogP contribution in [0.4, 0.5) is 23.7 Å². The third kappa shape index (κ3) is 5.02. The van der Waals surface area contributed by atoms with Gasteiger partial charge in [0.05, 0.1) is 17.1 Å². The van der Waals surface area contributed by atoms with E-state index in [4.69, 9.17) is 4.74 Å². The molecule has 0 unspecified atom stereocenters. The molecule has 2 amide bonds. The SMILES string of the molecule is CCOC(=O)N1CCN(S(=O)(=O)c2ccc(F)c(C(=O)Nc3ccc(F)c(F)c3)c2)CC1. The van der Waals surface area contributed by atoms with Crippen molar-refractivity contribution < 1.29 is 35.9 Å². The standard InChI is InChI=1S/C20H20F3N3O5S/c1-2-31-20(28)25-7-9-26(10-8-25)32(29,30)14-4-6-16(21)15(12-14)19(27)24-13-3-5-17(22)18(23)11-13/h3-6,11-12H,2,7-10H2,1H3,(H,24,27). The number of hydrogen-bond acceptors (Lipinski definition) is 5. The number of amides is 2. The number of piperazine rings is 1. The maximum Gasteiger partial charge on any atom is 0.409 e. The lowest BCUT2D eigenvalue weighted by Crippen LogP contribution is -2.50. The van der Waals surface area contributed by atoms with Gasteiger partial charge < -0.3 is 15.0 Å². The van der Waals surface area contributed by atoms with E-state index >= 15 is 0 Å². The number of hydrogen-bond donors (Lipinski definition) is 1. The summed E-state index contributed by atoms with van der Waals surface area (Å²) in [7, 11) is -4.08. The second-order valence-electron chi connectivity index (χ2n) is 6.81. The van der Waals surface area contributed by atoms with Crippen LogP contribution in [0.5, 0.6) is 0 Å². The van der Waals surface area contributed by atoms with Gasteiger partial charge in [0.15, 0.2) is 11.6 Å². The molecule has 1 fully saturated rings. The predicted molar refractivity (Wildman–Crippen MR) is 108 cm³/mol. The first kappa shape index (κ1) is 23.5. The minimum absolute atomic E-state index is 0.00505. The number of carbonyl (C=O) groups excluding carboxylic acids is 2. The third-order valence-electron chi connectivity index (χ3n) is 4.76. The van der Waals surface area contributed by atoms with E-state index in [2.05, 4.69) is 5.32 Å². The molecular formula is C20H20F3N3O5S.